The summed E-state index contributed by atoms with van der Waals surface area (Å²) in [4.78, 5) is 2.41. The highest BCUT2D eigenvalue weighted by molar-refractivity contribution is 5.97. The van der Waals surface area contributed by atoms with Crippen molar-refractivity contribution in [2.24, 2.45) is 16.8 Å². The Balaban J connectivity index is 2.00. The molecule has 1 fully saturated rings. The number of likely N-dealkylation sites (tertiary alicyclic amines) is 1. The normalized spacial score (nSPS) is 18.4. The molecule has 1 aliphatic heterocycles. The summed E-state index contributed by atoms with van der Waals surface area (Å²) in [7, 11) is 0. The van der Waals surface area contributed by atoms with Gasteiger partial charge in [-0.3, -0.25) is 4.90 Å². The number of rotatable bonds is 4. The van der Waals surface area contributed by atoms with E-state index >= 15 is 0 Å². The van der Waals surface area contributed by atoms with Crippen molar-refractivity contribution >= 4 is 5.84 Å². The highest BCUT2D eigenvalue weighted by atomic mass is 16.4. The van der Waals surface area contributed by atoms with E-state index in [0.717, 1.165) is 43.6 Å². The molecule has 0 unspecified atom stereocenters. The SMILES string of the molecule is Cc1cc(/C(N)=N/O)ccc1CN1CCC(CO)CC1. The zero-order chi connectivity index (χ0) is 14.5. The summed E-state index contributed by atoms with van der Waals surface area (Å²) in [5.74, 6) is 0.610. The topological polar surface area (TPSA) is 82.1 Å². The lowest BCUT2D eigenvalue weighted by Gasteiger charge is -2.31. The molecule has 0 aromatic heterocycles. The monoisotopic (exact) mass is 277 g/mol. The molecule has 0 aliphatic carbocycles. The van der Waals surface area contributed by atoms with Crippen LogP contribution in [-0.4, -0.2) is 40.7 Å². The molecule has 0 saturated carbocycles. The van der Waals surface area contributed by atoms with Crippen LogP contribution in [0.4, 0.5) is 0 Å². The fourth-order valence-electron chi connectivity index (χ4n) is 2.66. The number of benzene rings is 1. The van der Waals surface area contributed by atoms with Crippen molar-refractivity contribution in [3.63, 3.8) is 0 Å². The lowest BCUT2D eigenvalue weighted by molar-refractivity contribution is 0.127. The number of oxime groups is 1. The highest BCUT2D eigenvalue weighted by Gasteiger charge is 2.18. The summed E-state index contributed by atoms with van der Waals surface area (Å²) in [6.07, 6.45) is 2.13. The maximum absolute atomic E-state index is 9.16. The molecule has 0 radical (unpaired) electrons. The van der Waals surface area contributed by atoms with Gasteiger partial charge in [-0.15, -0.1) is 0 Å². The molecule has 2 rings (SSSR count). The maximum Gasteiger partial charge on any atom is 0.170 e. The third-order valence-electron chi connectivity index (χ3n) is 4.11. The summed E-state index contributed by atoms with van der Waals surface area (Å²) in [6.45, 7) is 5.34. The van der Waals surface area contributed by atoms with Crippen LogP contribution in [0.15, 0.2) is 23.4 Å². The van der Waals surface area contributed by atoms with Crippen molar-refractivity contribution in [1.82, 2.24) is 4.90 Å². The van der Waals surface area contributed by atoms with Crippen LogP contribution in [-0.2, 0) is 6.54 Å². The zero-order valence-electron chi connectivity index (χ0n) is 11.9. The molecule has 20 heavy (non-hydrogen) atoms. The number of aliphatic hydroxyl groups is 1. The third-order valence-corrected chi connectivity index (χ3v) is 4.11. The first-order chi connectivity index (χ1) is 9.63. The Morgan fingerprint density at radius 2 is 2.10 bits per heavy atom. The van der Waals surface area contributed by atoms with Crippen molar-refractivity contribution in [1.29, 1.82) is 0 Å². The number of aryl methyl sites for hydroxylation is 1. The molecule has 0 bridgehead atoms. The Morgan fingerprint density at radius 1 is 1.40 bits per heavy atom. The van der Waals surface area contributed by atoms with E-state index in [4.69, 9.17) is 16.0 Å². The first kappa shape index (κ1) is 14.8. The smallest absolute Gasteiger partial charge is 0.170 e. The largest absolute Gasteiger partial charge is 0.409 e. The van der Waals surface area contributed by atoms with Crippen LogP contribution in [0, 0.1) is 12.8 Å². The second-order valence-electron chi connectivity index (χ2n) is 5.53. The molecule has 1 heterocycles. The van der Waals surface area contributed by atoms with E-state index in [1.807, 2.05) is 25.1 Å². The zero-order valence-corrected chi connectivity index (χ0v) is 11.9. The fourth-order valence-corrected chi connectivity index (χ4v) is 2.66. The third kappa shape index (κ3) is 3.49. The molecule has 5 heteroatoms. The molecule has 1 aliphatic rings. The number of piperidine rings is 1. The van der Waals surface area contributed by atoms with Gasteiger partial charge in [-0.25, -0.2) is 0 Å². The van der Waals surface area contributed by atoms with Crippen molar-refractivity contribution in [2.45, 2.75) is 26.3 Å². The van der Waals surface area contributed by atoms with Crippen LogP contribution >= 0.6 is 0 Å². The minimum Gasteiger partial charge on any atom is -0.409 e. The van der Waals surface area contributed by atoms with E-state index in [1.54, 1.807) is 0 Å². The van der Waals surface area contributed by atoms with Crippen molar-refractivity contribution < 1.29 is 10.3 Å². The second kappa shape index (κ2) is 6.72. The van der Waals surface area contributed by atoms with Gasteiger partial charge in [0.05, 0.1) is 0 Å². The Bertz CT molecular complexity index is 480. The summed E-state index contributed by atoms with van der Waals surface area (Å²) < 4.78 is 0. The quantitative estimate of drug-likeness (QED) is 0.335. The molecule has 0 spiro atoms. The maximum atomic E-state index is 9.16. The lowest BCUT2D eigenvalue weighted by atomic mass is 9.97. The van der Waals surface area contributed by atoms with Crippen molar-refractivity contribution in [3.8, 4) is 0 Å². The van der Waals surface area contributed by atoms with Crippen LogP contribution < -0.4 is 5.73 Å². The Morgan fingerprint density at radius 3 is 2.65 bits per heavy atom. The van der Waals surface area contributed by atoms with Gasteiger partial charge in [-0.1, -0.05) is 17.3 Å². The van der Waals surface area contributed by atoms with E-state index in [0.29, 0.717) is 12.5 Å². The average molecular weight is 277 g/mol. The minimum atomic E-state index is 0.142. The van der Waals surface area contributed by atoms with Gasteiger partial charge in [-0.2, -0.15) is 0 Å². The Kier molecular flexibility index (Phi) is 4.98. The number of nitrogens with two attached hydrogens (primary N) is 1. The number of nitrogens with zero attached hydrogens (tertiary/aromatic N) is 2. The van der Waals surface area contributed by atoms with E-state index in [2.05, 4.69) is 10.1 Å². The molecule has 4 N–H and O–H groups in total. The number of aliphatic hydroxyl groups excluding tert-OH is 1. The van der Waals surface area contributed by atoms with Crippen molar-refractivity contribution in [2.75, 3.05) is 19.7 Å². The molecule has 1 saturated heterocycles. The summed E-state index contributed by atoms with van der Waals surface area (Å²) in [5.41, 5.74) is 8.75. The fraction of sp³-hybridized carbons (Fsp3) is 0.533. The van der Waals surface area contributed by atoms with Gasteiger partial charge in [0.15, 0.2) is 5.84 Å². The van der Waals surface area contributed by atoms with E-state index in [-0.39, 0.29) is 5.84 Å². The van der Waals surface area contributed by atoms with Gasteiger partial charge >= 0.3 is 0 Å². The number of hydrogen-bond acceptors (Lipinski definition) is 4. The Labute approximate surface area is 119 Å². The molecule has 0 atom stereocenters. The second-order valence-corrected chi connectivity index (χ2v) is 5.53. The first-order valence-corrected chi connectivity index (χ1v) is 7.04. The average Bonchev–Trinajstić information content (AvgIpc) is 2.49. The molecule has 1 aromatic rings. The van der Waals surface area contributed by atoms with Gasteiger partial charge in [0.2, 0.25) is 0 Å². The summed E-state index contributed by atoms with van der Waals surface area (Å²) in [6, 6.07) is 5.88. The predicted molar refractivity (Wildman–Crippen MR) is 78.8 cm³/mol. The van der Waals surface area contributed by atoms with E-state index in [9.17, 15) is 0 Å². The number of hydrogen-bond donors (Lipinski definition) is 3. The van der Waals surface area contributed by atoms with Crippen molar-refractivity contribution in [3.05, 3.63) is 34.9 Å². The highest BCUT2D eigenvalue weighted by Crippen LogP contribution is 2.20. The Hall–Kier alpha value is -1.59. The molecule has 110 valence electrons. The molecule has 1 aromatic carbocycles. The van der Waals surface area contributed by atoms with Gasteiger partial charge in [-0.05, 0) is 56.0 Å². The van der Waals surface area contributed by atoms with E-state index < -0.39 is 0 Å². The van der Waals surface area contributed by atoms with Crippen LogP contribution in [0.25, 0.3) is 0 Å². The standard InChI is InChI=1S/C15H23N3O2/c1-11-8-13(15(16)17-20)2-3-14(11)9-18-6-4-12(10-19)5-7-18/h2-3,8,12,19-20H,4-7,9-10H2,1H3,(H2,16,17). The molecule has 0 amide bonds. The van der Waals surface area contributed by atoms with Crippen LogP contribution in [0.2, 0.25) is 0 Å². The number of amidine groups is 1. The predicted octanol–water partition coefficient (Wildman–Crippen LogP) is 1.29. The summed E-state index contributed by atoms with van der Waals surface area (Å²) >= 11 is 0. The molecular weight excluding hydrogens is 254 g/mol. The summed E-state index contributed by atoms with van der Waals surface area (Å²) in [5, 5.41) is 20.9. The minimum absolute atomic E-state index is 0.142. The molecular formula is C15H23N3O2. The van der Waals surface area contributed by atoms with Crippen LogP contribution in [0.5, 0.6) is 0 Å². The van der Waals surface area contributed by atoms with Gasteiger partial charge in [0.25, 0.3) is 0 Å². The van der Waals surface area contributed by atoms with E-state index in [1.165, 1.54) is 5.56 Å². The van der Waals surface area contributed by atoms with Gasteiger partial charge < -0.3 is 16.0 Å². The van der Waals surface area contributed by atoms with Gasteiger partial charge in [0, 0.05) is 18.7 Å². The van der Waals surface area contributed by atoms with Crippen LogP contribution in [0.1, 0.15) is 29.5 Å². The van der Waals surface area contributed by atoms with Gasteiger partial charge in [0.1, 0.15) is 0 Å². The first-order valence-electron chi connectivity index (χ1n) is 7.04. The lowest BCUT2D eigenvalue weighted by Crippen LogP contribution is -2.34. The molecule has 5 nitrogen and oxygen atoms in total. The van der Waals surface area contributed by atoms with Crippen LogP contribution in [0.3, 0.4) is 0 Å².